The number of methoxy groups -OCH3 is 1. The van der Waals surface area contributed by atoms with Gasteiger partial charge in [-0.2, -0.15) is 0 Å². The van der Waals surface area contributed by atoms with Gasteiger partial charge in [0.25, 0.3) is 0 Å². The quantitative estimate of drug-likeness (QED) is 0.604. The summed E-state index contributed by atoms with van der Waals surface area (Å²) in [5.74, 6) is 1.90. The second kappa shape index (κ2) is 9.30. The maximum absolute atomic E-state index is 6.20. The molecule has 0 saturated carbocycles. The van der Waals surface area contributed by atoms with Crippen LogP contribution in [0.1, 0.15) is 39.5 Å². The molecule has 1 aromatic carbocycles. The second-order valence-electron chi connectivity index (χ2n) is 4.70. The van der Waals surface area contributed by atoms with Gasteiger partial charge in [-0.15, -0.1) is 0 Å². The minimum Gasteiger partial charge on any atom is -0.643 e. The maximum atomic E-state index is 6.20. The van der Waals surface area contributed by atoms with E-state index in [0.717, 1.165) is 11.5 Å². The molecule has 0 N–H and O–H groups in total. The van der Waals surface area contributed by atoms with Crippen LogP contribution in [0.2, 0.25) is 10.6 Å². The molecule has 1 aromatic rings. The van der Waals surface area contributed by atoms with Gasteiger partial charge in [0.1, 0.15) is 5.75 Å². The van der Waals surface area contributed by atoms with Crippen molar-refractivity contribution < 1.29 is 8.53 Å². The standard InChI is InChI=1S/C7H8O2.2C4H9.Al/c1-9-7-4-2-6(8)3-5-7;2*1-3-4-2;/h2-5,8H,1H3;2*1,3-4H2,2H3;/q;;;+1/p-1. The predicted octanol–water partition coefficient (Wildman–Crippen LogP) is 4.67. The highest BCUT2D eigenvalue weighted by Gasteiger charge is 2.21. The Kier molecular flexibility index (Phi) is 7.97. The number of unbranched alkanes of at least 4 members (excludes halogenated alkanes) is 2. The molecule has 0 fully saturated rings. The lowest BCUT2D eigenvalue weighted by molar-refractivity contribution is 0.414. The van der Waals surface area contributed by atoms with Crippen molar-refractivity contribution in [1.82, 2.24) is 0 Å². The van der Waals surface area contributed by atoms with Gasteiger partial charge in [0.2, 0.25) is 0 Å². The number of ether oxygens (including phenoxy) is 1. The molecule has 0 atom stereocenters. The zero-order chi connectivity index (χ0) is 13.2. The summed E-state index contributed by atoms with van der Waals surface area (Å²) in [6, 6.07) is 7.99. The molecular formula is C15H25AlO2. The molecule has 100 valence electrons. The summed E-state index contributed by atoms with van der Waals surface area (Å²) < 4.78 is 11.4. The first-order valence-electron chi connectivity index (χ1n) is 7.10. The van der Waals surface area contributed by atoms with E-state index in [-0.39, 0.29) is 0 Å². The highest BCUT2D eigenvalue weighted by Crippen LogP contribution is 2.20. The van der Waals surface area contributed by atoms with Crippen molar-refractivity contribution in [1.29, 1.82) is 0 Å². The van der Waals surface area contributed by atoms with Gasteiger partial charge in [0, 0.05) is 0 Å². The van der Waals surface area contributed by atoms with Crippen LogP contribution in [-0.4, -0.2) is 21.6 Å². The van der Waals surface area contributed by atoms with E-state index in [1.165, 1.54) is 36.2 Å². The third kappa shape index (κ3) is 5.80. The first kappa shape index (κ1) is 15.4. The molecule has 0 radical (unpaired) electrons. The fourth-order valence-electron chi connectivity index (χ4n) is 1.97. The minimum absolute atomic E-state index is 0.891. The van der Waals surface area contributed by atoms with Crippen molar-refractivity contribution in [2.45, 2.75) is 50.1 Å². The number of benzene rings is 1. The molecule has 0 unspecified atom stereocenters. The molecule has 0 spiro atoms. The molecule has 0 amide bonds. The third-order valence-electron chi connectivity index (χ3n) is 3.12. The molecule has 0 aliphatic carbocycles. The first-order chi connectivity index (χ1) is 8.80. The fraction of sp³-hybridized carbons (Fsp3) is 0.600. The normalized spacial score (nSPS) is 10.2. The van der Waals surface area contributed by atoms with Crippen LogP contribution in [-0.2, 0) is 0 Å². The smallest absolute Gasteiger partial charge is 0.546 e. The van der Waals surface area contributed by atoms with Crippen LogP contribution in [0.25, 0.3) is 0 Å². The van der Waals surface area contributed by atoms with Crippen LogP contribution in [0.4, 0.5) is 0 Å². The number of hydrogen-bond donors (Lipinski definition) is 0. The average Bonchev–Trinajstić information content (AvgIpc) is 2.42. The number of hydrogen-bond acceptors (Lipinski definition) is 2. The zero-order valence-corrected chi connectivity index (χ0v) is 13.1. The van der Waals surface area contributed by atoms with E-state index in [2.05, 4.69) is 13.8 Å². The Labute approximate surface area is 116 Å². The Balaban J connectivity index is 2.51. The number of rotatable bonds is 9. The first-order valence-corrected chi connectivity index (χ1v) is 9.21. The van der Waals surface area contributed by atoms with E-state index in [1.807, 2.05) is 24.3 Å². The van der Waals surface area contributed by atoms with Crippen LogP contribution in [0.15, 0.2) is 24.3 Å². The Morgan fingerprint density at radius 1 is 0.889 bits per heavy atom. The van der Waals surface area contributed by atoms with Crippen molar-refractivity contribution in [2.24, 2.45) is 0 Å². The summed E-state index contributed by atoms with van der Waals surface area (Å²) >= 11 is -1.06. The Bertz CT molecular complexity index is 303. The molecule has 18 heavy (non-hydrogen) atoms. The van der Waals surface area contributed by atoms with E-state index < -0.39 is 14.5 Å². The molecule has 0 saturated heterocycles. The largest absolute Gasteiger partial charge is 0.643 e. The van der Waals surface area contributed by atoms with E-state index >= 15 is 0 Å². The summed E-state index contributed by atoms with van der Waals surface area (Å²) in [5, 5.41) is 2.59. The van der Waals surface area contributed by atoms with E-state index in [9.17, 15) is 0 Å². The van der Waals surface area contributed by atoms with Gasteiger partial charge in [-0.3, -0.25) is 0 Å². The monoisotopic (exact) mass is 264 g/mol. The van der Waals surface area contributed by atoms with Gasteiger partial charge >= 0.3 is 14.5 Å². The lowest BCUT2D eigenvalue weighted by Crippen LogP contribution is -2.21. The molecule has 0 aliphatic heterocycles. The molecule has 0 heterocycles. The van der Waals surface area contributed by atoms with Crippen molar-refractivity contribution in [2.75, 3.05) is 7.11 Å². The summed E-state index contributed by atoms with van der Waals surface area (Å²) in [6.07, 6.45) is 5.14. The van der Waals surface area contributed by atoms with Gasteiger partial charge in [0.15, 0.2) is 0 Å². The molecule has 0 bridgehead atoms. The average molecular weight is 264 g/mol. The van der Waals surface area contributed by atoms with E-state index in [1.54, 1.807) is 7.11 Å². The molecule has 0 aromatic heterocycles. The van der Waals surface area contributed by atoms with Crippen molar-refractivity contribution >= 4 is 14.5 Å². The van der Waals surface area contributed by atoms with Gasteiger partial charge in [-0.25, -0.2) is 0 Å². The molecule has 2 nitrogen and oxygen atoms in total. The Hall–Kier alpha value is -0.648. The minimum atomic E-state index is -1.06. The van der Waals surface area contributed by atoms with E-state index in [4.69, 9.17) is 8.53 Å². The SMILES string of the molecule is CCC[CH2][Al]([CH2]CCC)[O]c1ccc(OC)cc1. The maximum Gasteiger partial charge on any atom is 0.546 e. The summed E-state index contributed by atoms with van der Waals surface area (Å²) in [5.41, 5.74) is 0. The molecule has 1 rings (SSSR count). The van der Waals surface area contributed by atoms with Gasteiger partial charge in [-0.1, -0.05) is 50.1 Å². The fourth-order valence-corrected chi connectivity index (χ4v) is 4.77. The van der Waals surface area contributed by atoms with E-state index in [0.29, 0.717) is 0 Å². The predicted molar refractivity (Wildman–Crippen MR) is 78.8 cm³/mol. The van der Waals surface area contributed by atoms with Crippen LogP contribution in [0.5, 0.6) is 11.5 Å². The Morgan fingerprint density at radius 3 is 1.83 bits per heavy atom. The van der Waals surface area contributed by atoms with Gasteiger partial charge in [0.05, 0.1) is 12.9 Å². The molecule has 0 aliphatic rings. The summed E-state index contributed by atoms with van der Waals surface area (Å²) in [7, 11) is 1.69. The Morgan fingerprint density at radius 2 is 1.39 bits per heavy atom. The van der Waals surface area contributed by atoms with Crippen LogP contribution in [0.3, 0.4) is 0 Å². The van der Waals surface area contributed by atoms with Crippen molar-refractivity contribution in [3.63, 3.8) is 0 Å². The van der Waals surface area contributed by atoms with Gasteiger partial charge < -0.3 is 8.53 Å². The lowest BCUT2D eigenvalue weighted by Gasteiger charge is -2.15. The van der Waals surface area contributed by atoms with Crippen LogP contribution in [0, 0.1) is 0 Å². The third-order valence-corrected chi connectivity index (χ3v) is 5.83. The lowest BCUT2D eigenvalue weighted by atomic mass is 10.3. The van der Waals surface area contributed by atoms with Crippen LogP contribution >= 0.6 is 0 Å². The highest BCUT2D eigenvalue weighted by molar-refractivity contribution is 6.52. The van der Waals surface area contributed by atoms with Crippen molar-refractivity contribution in [3.8, 4) is 11.5 Å². The topological polar surface area (TPSA) is 18.5 Å². The zero-order valence-electron chi connectivity index (χ0n) is 11.9. The highest BCUT2D eigenvalue weighted by atomic mass is 27.2. The molecule has 3 heteroatoms. The van der Waals surface area contributed by atoms with Crippen LogP contribution < -0.4 is 8.53 Å². The van der Waals surface area contributed by atoms with Gasteiger partial charge in [-0.05, 0) is 24.3 Å². The van der Waals surface area contributed by atoms with Crippen molar-refractivity contribution in [3.05, 3.63) is 24.3 Å². The second-order valence-corrected chi connectivity index (χ2v) is 7.33. The summed E-state index contributed by atoms with van der Waals surface area (Å²) in [6.45, 7) is 4.50. The molecular weight excluding hydrogens is 239 g/mol. The summed E-state index contributed by atoms with van der Waals surface area (Å²) in [4.78, 5) is 0.